The number of aromatic carboxylic acids is 1. The zero-order chi connectivity index (χ0) is 29.2. The number of aromatic nitrogens is 4. The molecule has 0 radical (unpaired) electrons. The highest BCUT2D eigenvalue weighted by Gasteiger charge is 2.29. The van der Waals surface area contributed by atoms with E-state index in [1.807, 2.05) is 0 Å². The van der Waals surface area contributed by atoms with Crippen LogP contribution in [0.25, 0.3) is 11.0 Å². The summed E-state index contributed by atoms with van der Waals surface area (Å²) in [5, 5.41) is 9.50. The Labute approximate surface area is 240 Å². The zero-order valence-electron chi connectivity index (χ0n) is 23.1. The van der Waals surface area contributed by atoms with E-state index in [4.69, 9.17) is 19.2 Å². The van der Waals surface area contributed by atoms with Gasteiger partial charge < -0.3 is 23.9 Å². The lowest BCUT2D eigenvalue weighted by Gasteiger charge is -2.37. The number of piperidine rings is 1. The van der Waals surface area contributed by atoms with E-state index in [-0.39, 0.29) is 36.2 Å². The van der Waals surface area contributed by atoms with Crippen LogP contribution in [0.2, 0.25) is 0 Å². The van der Waals surface area contributed by atoms with Crippen LogP contribution in [-0.2, 0) is 24.4 Å². The summed E-state index contributed by atoms with van der Waals surface area (Å²) in [4.78, 5) is 27.4. The summed E-state index contributed by atoms with van der Waals surface area (Å²) < 4.78 is 46.4. The third kappa shape index (κ3) is 6.19. The topological polar surface area (TPSA) is 112 Å². The molecule has 3 atom stereocenters. The van der Waals surface area contributed by atoms with Crippen molar-refractivity contribution >= 4 is 17.0 Å². The molecular formula is C30H31F2N5O5. The van der Waals surface area contributed by atoms with Crippen molar-refractivity contribution in [2.24, 2.45) is 0 Å². The number of hydrogen-bond donors (Lipinski definition) is 1. The van der Waals surface area contributed by atoms with Gasteiger partial charge in [-0.1, -0.05) is 0 Å². The Morgan fingerprint density at radius 2 is 2.00 bits per heavy atom. The van der Waals surface area contributed by atoms with Gasteiger partial charge >= 0.3 is 5.97 Å². The van der Waals surface area contributed by atoms with Crippen LogP contribution in [0.1, 0.15) is 48.2 Å². The fraction of sp³-hybridized carbons (Fsp3) is 0.400. The number of halogens is 2. The van der Waals surface area contributed by atoms with Crippen LogP contribution < -0.4 is 9.47 Å². The lowest BCUT2D eigenvalue weighted by atomic mass is 10.0. The number of hydrogen-bond acceptors (Lipinski definition) is 8. The van der Waals surface area contributed by atoms with Crippen LogP contribution in [0, 0.1) is 11.6 Å². The second kappa shape index (κ2) is 12.0. The Kier molecular flexibility index (Phi) is 7.98. The van der Waals surface area contributed by atoms with Crippen LogP contribution in [0.3, 0.4) is 0 Å². The van der Waals surface area contributed by atoms with Crippen LogP contribution in [0.15, 0.2) is 48.7 Å². The van der Waals surface area contributed by atoms with Crippen molar-refractivity contribution in [3.63, 3.8) is 0 Å². The maximum absolute atomic E-state index is 13.9. The summed E-state index contributed by atoms with van der Waals surface area (Å²) >= 11 is 0. The quantitative estimate of drug-likeness (QED) is 0.288. The standard InChI is InChI=1S/C30H31F2N5O5/c1-18-12-21(42-29-6-9-33-27(35-29)17-41-26-5-3-20(31)14-23(26)32)7-10-36(18)16-28-34-24-4-2-19(30(38)39)13-25(24)37(28)15-22-8-11-40-22/h2-6,9,13-14,18,21-22H,7-8,10-12,15-17H2,1H3,(H,38,39)/t18-,21-,22?/m0/s1. The second-order valence-corrected chi connectivity index (χ2v) is 10.7. The van der Waals surface area contributed by atoms with Gasteiger partial charge in [-0.3, -0.25) is 4.90 Å². The Morgan fingerprint density at radius 3 is 2.74 bits per heavy atom. The lowest BCUT2D eigenvalue weighted by Crippen LogP contribution is -2.44. The van der Waals surface area contributed by atoms with Gasteiger partial charge in [0.05, 0.1) is 35.8 Å². The normalized spacial score (nSPS) is 20.8. The molecule has 0 aliphatic carbocycles. The molecule has 0 saturated carbocycles. The SMILES string of the molecule is C[C@H]1C[C@@H](Oc2ccnc(COc3ccc(F)cc3F)n2)CCN1Cc1nc2ccc(C(=O)O)cc2n1CC1CCO1. The first-order valence-corrected chi connectivity index (χ1v) is 14.0. The third-order valence-corrected chi connectivity index (χ3v) is 7.78. The molecule has 10 nitrogen and oxygen atoms in total. The van der Waals surface area contributed by atoms with E-state index < -0.39 is 17.6 Å². The van der Waals surface area contributed by atoms with E-state index in [2.05, 4.69) is 26.4 Å². The summed E-state index contributed by atoms with van der Waals surface area (Å²) in [7, 11) is 0. The molecule has 2 aliphatic heterocycles. The maximum Gasteiger partial charge on any atom is 0.335 e. The van der Waals surface area contributed by atoms with E-state index in [1.54, 1.807) is 30.5 Å². The summed E-state index contributed by atoms with van der Waals surface area (Å²) in [6.07, 6.45) is 4.12. The van der Waals surface area contributed by atoms with Crippen molar-refractivity contribution in [1.29, 1.82) is 0 Å². The summed E-state index contributed by atoms with van der Waals surface area (Å²) in [5.74, 6) is -0.904. The molecule has 2 fully saturated rings. The number of carbonyl (C=O) groups is 1. The maximum atomic E-state index is 13.9. The van der Waals surface area contributed by atoms with E-state index in [1.165, 1.54) is 6.07 Å². The van der Waals surface area contributed by atoms with Gasteiger partial charge in [0.1, 0.15) is 24.4 Å². The third-order valence-electron chi connectivity index (χ3n) is 7.78. The van der Waals surface area contributed by atoms with Crippen LogP contribution >= 0.6 is 0 Å². The molecule has 4 heterocycles. The van der Waals surface area contributed by atoms with Gasteiger partial charge in [-0.05, 0) is 56.5 Å². The average molecular weight is 580 g/mol. The van der Waals surface area contributed by atoms with Gasteiger partial charge in [-0.15, -0.1) is 0 Å². The van der Waals surface area contributed by atoms with Crippen LogP contribution in [0.4, 0.5) is 8.78 Å². The molecule has 12 heteroatoms. The predicted molar refractivity (Wildman–Crippen MR) is 147 cm³/mol. The molecule has 0 bridgehead atoms. The van der Waals surface area contributed by atoms with Crippen molar-refractivity contribution < 1.29 is 32.9 Å². The van der Waals surface area contributed by atoms with Crippen molar-refractivity contribution in [1.82, 2.24) is 24.4 Å². The van der Waals surface area contributed by atoms with E-state index in [0.29, 0.717) is 24.8 Å². The first kappa shape index (κ1) is 28.0. The van der Waals surface area contributed by atoms with Gasteiger partial charge in [0.15, 0.2) is 17.4 Å². The number of rotatable bonds is 10. The highest BCUT2D eigenvalue weighted by Crippen LogP contribution is 2.27. The minimum atomic E-state index is -0.966. The number of fused-ring (bicyclic) bond motifs is 1. The molecule has 1 unspecified atom stereocenters. The van der Waals surface area contributed by atoms with Crippen LogP contribution in [0.5, 0.6) is 11.6 Å². The van der Waals surface area contributed by atoms with Crippen LogP contribution in [-0.4, -0.2) is 66.9 Å². The zero-order valence-corrected chi connectivity index (χ0v) is 23.1. The van der Waals surface area contributed by atoms with Gasteiger partial charge in [0.25, 0.3) is 0 Å². The highest BCUT2D eigenvalue weighted by molar-refractivity contribution is 5.92. The number of benzene rings is 2. The minimum absolute atomic E-state index is 0.0604. The number of imidazole rings is 1. The second-order valence-electron chi connectivity index (χ2n) is 10.7. The number of carboxylic acids is 1. The largest absolute Gasteiger partial charge is 0.483 e. The van der Waals surface area contributed by atoms with Gasteiger partial charge in [-0.2, -0.15) is 4.98 Å². The number of likely N-dealkylation sites (tertiary alicyclic amines) is 1. The van der Waals surface area contributed by atoms with Crippen molar-refractivity contribution in [3.05, 3.63) is 77.5 Å². The molecule has 1 N–H and O–H groups in total. The Hall–Kier alpha value is -4.16. The van der Waals surface area contributed by atoms with Gasteiger partial charge in [0, 0.05) is 37.5 Å². The smallest absolute Gasteiger partial charge is 0.335 e. The predicted octanol–water partition coefficient (Wildman–Crippen LogP) is 4.60. The van der Waals surface area contributed by atoms with E-state index in [9.17, 15) is 18.7 Å². The number of nitrogens with zero attached hydrogens (tertiary/aromatic N) is 5. The number of ether oxygens (including phenoxy) is 3. The average Bonchev–Trinajstić information content (AvgIpc) is 3.28. The highest BCUT2D eigenvalue weighted by atomic mass is 19.1. The molecule has 0 amide bonds. The molecule has 2 aliphatic rings. The fourth-order valence-electron chi connectivity index (χ4n) is 5.38. The molecule has 2 aromatic heterocycles. The molecule has 4 aromatic rings. The van der Waals surface area contributed by atoms with Crippen molar-refractivity contribution in [3.8, 4) is 11.6 Å². The molecular weight excluding hydrogens is 548 g/mol. The summed E-state index contributed by atoms with van der Waals surface area (Å²) in [6.45, 7) is 4.83. The molecule has 0 spiro atoms. The summed E-state index contributed by atoms with van der Waals surface area (Å²) in [5.41, 5.74) is 1.81. The lowest BCUT2D eigenvalue weighted by molar-refractivity contribution is -0.0593. The van der Waals surface area contributed by atoms with Gasteiger partial charge in [-0.25, -0.2) is 23.5 Å². The first-order chi connectivity index (χ1) is 20.3. The molecule has 2 aromatic carbocycles. The van der Waals surface area contributed by atoms with E-state index in [0.717, 1.165) is 61.4 Å². The first-order valence-electron chi connectivity index (χ1n) is 14.0. The fourth-order valence-corrected chi connectivity index (χ4v) is 5.38. The molecule has 42 heavy (non-hydrogen) atoms. The summed E-state index contributed by atoms with van der Waals surface area (Å²) in [6, 6.07) is 10.0. The van der Waals surface area contributed by atoms with Crippen molar-refractivity contribution in [2.75, 3.05) is 13.2 Å². The molecule has 2 saturated heterocycles. The number of carboxylic acid groups (broad SMARTS) is 1. The Bertz CT molecular complexity index is 1590. The molecule has 220 valence electrons. The Balaban J connectivity index is 1.09. The monoisotopic (exact) mass is 579 g/mol. The minimum Gasteiger partial charge on any atom is -0.483 e. The van der Waals surface area contributed by atoms with Crippen molar-refractivity contribution in [2.45, 2.75) is 64.1 Å². The Morgan fingerprint density at radius 1 is 1.14 bits per heavy atom. The van der Waals surface area contributed by atoms with Gasteiger partial charge in [0.2, 0.25) is 5.88 Å². The molecule has 6 rings (SSSR count). The van der Waals surface area contributed by atoms with E-state index >= 15 is 0 Å².